The zero-order valence-corrected chi connectivity index (χ0v) is 12.0. The van der Waals surface area contributed by atoms with Crippen molar-refractivity contribution in [2.75, 3.05) is 13.7 Å². The highest BCUT2D eigenvalue weighted by Crippen LogP contribution is 2.20. The van der Waals surface area contributed by atoms with Gasteiger partial charge in [0.15, 0.2) is 0 Å². The standard InChI is InChI=1S/C16H19N3O2/c1-20-15-10-12(5-6-14(15)16(17)18)11-21-9-7-13-4-2-3-8-19-13/h2-6,8,10H,7,9,11H2,1H3,(H3,17,18). The Morgan fingerprint density at radius 2 is 2.14 bits per heavy atom. The van der Waals surface area contributed by atoms with Gasteiger partial charge in [-0.25, -0.2) is 0 Å². The molecule has 5 heteroatoms. The molecule has 0 spiro atoms. The second kappa shape index (κ2) is 7.40. The number of nitrogens with two attached hydrogens (primary N) is 1. The van der Waals surface area contributed by atoms with Crippen molar-refractivity contribution in [2.45, 2.75) is 13.0 Å². The number of benzene rings is 1. The highest BCUT2D eigenvalue weighted by Gasteiger charge is 2.07. The Labute approximate surface area is 124 Å². The molecule has 0 saturated carbocycles. The Morgan fingerprint density at radius 3 is 2.81 bits per heavy atom. The molecular formula is C16H19N3O2. The Bertz CT molecular complexity index is 600. The van der Waals surface area contributed by atoms with Crippen LogP contribution in [0, 0.1) is 5.41 Å². The van der Waals surface area contributed by atoms with Gasteiger partial charge in [0.05, 0.1) is 25.9 Å². The fourth-order valence-corrected chi connectivity index (χ4v) is 1.96. The van der Waals surface area contributed by atoms with E-state index in [2.05, 4.69) is 4.98 Å². The number of nitrogens with zero attached hydrogens (tertiary/aromatic N) is 1. The predicted molar refractivity (Wildman–Crippen MR) is 81.6 cm³/mol. The third kappa shape index (κ3) is 4.29. The minimum absolute atomic E-state index is 0.00512. The summed E-state index contributed by atoms with van der Waals surface area (Å²) in [6.45, 7) is 1.09. The lowest BCUT2D eigenvalue weighted by Crippen LogP contribution is -2.12. The van der Waals surface area contributed by atoms with Gasteiger partial charge in [-0.1, -0.05) is 12.1 Å². The van der Waals surface area contributed by atoms with E-state index in [-0.39, 0.29) is 5.84 Å². The van der Waals surface area contributed by atoms with E-state index < -0.39 is 0 Å². The highest BCUT2D eigenvalue weighted by molar-refractivity contribution is 5.97. The Hall–Kier alpha value is -2.40. The van der Waals surface area contributed by atoms with Crippen LogP contribution < -0.4 is 10.5 Å². The number of ether oxygens (including phenoxy) is 2. The van der Waals surface area contributed by atoms with E-state index >= 15 is 0 Å². The summed E-state index contributed by atoms with van der Waals surface area (Å²) in [6, 6.07) is 11.4. The maximum Gasteiger partial charge on any atom is 0.130 e. The number of amidine groups is 1. The molecule has 0 aliphatic heterocycles. The van der Waals surface area contributed by atoms with Crippen molar-refractivity contribution in [1.82, 2.24) is 4.98 Å². The number of aromatic nitrogens is 1. The molecule has 110 valence electrons. The quantitative estimate of drug-likeness (QED) is 0.464. The molecular weight excluding hydrogens is 266 g/mol. The van der Waals surface area contributed by atoms with Crippen molar-refractivity contribution in [2.24, 2.45) is 5.73 Å². The van der Waals surface area contributed by atoms with Crippen molar-refractivity contribution >= 4 is 5.84 Å². The van der Waals surface area contributed by atoms with Crippen LogP contribution in [0.5, 0.6) is 5.75 Å². The van der Waals surface area contributed by atoms with Gasteiger partial charge in [-0.2, -0.15) is 0 Å². The summed E-state index contributed by atoms with van der Waals surface area (Å²) in [5, 5.41) is 7.47. The number of nitrogen functional groups attached to an aromatic ring is 1. The monoisotopic (exact) mass is 285 g/mol. The molecule has 21 heavy (non-hydrogen) atoms. The molecule has 1 aromatic carbocycles. The molecule has 2 aromatic rings. The van der Waals surface area contributed by atoms with Gasteiger partial charge in [0.2, 0.25) is 0 Å². The molecule has 0 saturated heterocycles. The normalized spacial score (nSPS) is 10.3. The molecule has 2 rings (SSSR count). The zero-order valence-electron chi connectivity index (χ0n) is 12.0. The van der Waals surface area contributed by atoms with Crippen LogP contribution in [0.15, 0.2) is 42.6 Å². The van der Waals surface area contributed by atoms with Crippen LogP contribution in [0.2, 0.25) is 0 Å². The fourth-order valence-electron chi connectivity index (χ4n) is 1.96. The summed E-state index contributed by atoms with van der Waals surface area (Å²) < 4.78 is 10.9. The van der Waals surface area contributed by atoms with E-state index in [1.54, 1.807) is 19.4 Å². The lowest BCUT2D eigenvalue weighted by atomic mass is 10.1. The van der Waals surface area contributed by atoms with Gasteiger partial charge >= 0.3 is 0 Å². The van der Waals surface area contributed by atoms with Gasteiger partial charge in [-0.3, -0.25) is 10.4 Å². The van der Waals surface area contributed by atoms with E-state index in [1.807, 2.05) is 30.3 Å². The van der Waals surface area contributed by atoms with Gasteiger partial charge in [0.25, 0.3) is 0 Å². The predicted octanol–water partition coefficient (Wildman–Crippen LogP) is 2.13. The number of rotatable bonds is 7. The molecule has 3 N–H and O–H groups in total. The van der Waals surface area contributed by atoms with Gasteiger partial charge in [-0.05, 0) is 29.8 Å². The van der Waals surface area contributed by atoms with Gasteiger partial charge < -0.3 is 15.2 Å². The SMILES string of the molecule is COc1cc(COCCc2ccccn2)ccc1C(=N)N. The van der Waals surface area contributed by atoms with E-state index in [9.17, 15) is 0 Å². The van der Waals surface area contributed by atoms with Gasteiger partial charge in [0, 0.05) is 18.3 Å². The average Bonchev–Trinajstić information content (AvgIpc) is 2.52. The lowest BCUT2D eigenvalue weighted by Gasteiger charge is -2.10. The van der Waals surface area contributed by atoms with Crippen LogP contribution in [0.4, 0.5) is 0 Å². The molecule has 0 radical (unpaired) electrons. The van der Waals surface area contributed by atoms with Crippen molar-refractivity contribution in [3.63, 3.8) is 0 Å². The molecule has 0 fully saturated rings. The summed E-state index contributed by atoms with van der Waals surface area (Å²) in [6.07, 6.45) is 2.56. The third-order valence-electron chi connectivity index (χ3n) is 3.05. The van der Waals surface area contributed by atoms with Crippen LogP contribution in [0.25, 0.3) is 0 Å². The first-order valence-electron chi connectivity index (χ1n) is 6.69. The van der Waals surface area contributed by atoms with Crippen LogP contribution in [-0.4, -0.2) is 24.5 Å². The molecule has 0 amide bonds. The summed E-state index contributed by atoms with van der Waals surface area (Å²) in [5.74, 6) is 0.586. The van der Waals surface area contributed by atoms with Crippen LogP contribution in [0.3, 0.4) is 0 Å². The maximum atomic E-state index is 7.47. The second-order valence-corrected chi connectivity index (χ2v) is 4.57. The molecule has 0 aliphatic rings. The molecule has 0 atom stereocenters. The van der Waals surface area contributed by atoms with E-state index in [1.165, 1.54) is 0 Å². The van der Waals surface area contributed by atoms with Crippen LogP contribution in [-0.2, 0) is 17.8 Å². The minimum Gasteiger partial charge on any atom is -0.496 e. The number of hydrogen-bond acceptors (Lipinski definition) is 4. The third-order valence-corrected chi connectivity index (χ3v) is 3.05. The van der Waals surface area contributed by atoms with E-state index in [0.717, 1.165) is 17.7 Å². The van der Waals surface area contributed by atoms with Crippen molar-refractivity contribution in [3.05, 3.63) is 59.4 Å². The summed E-state index contributed by atoms with van der Waals surface area (Å²) in [5.41, 5.74) is 8.08. The first-order chi connectivity index (χ1) is 10.2. The smallest absolute Gasteiger partial charge is 0.130 e. The maximum absolute atomic E-state index is 7.47. The van der Waals surface area contributed by atoms with E-state index in [0.29, 0.717) is 24.5 Å². The van der Waals surface area contributed by atoms with E-state index in [4.69, 9.17) is 20.6 Å². The number of pyridine rings is 1. The molecule has 0 aliphatic carbocycles. The average molecular weight is 285 g/mol. The Kier molecular flexibility index (Phi) is 5.29. The second-order valence-electron chi connectivity index (χ2n) is 4.57. The summed E-state index contributed by atoms with van der Waals surface area (Å²) in [7, 11) is 1.56. The first kappa shape index (κ1) is 15.0. The molecule has 5 nitrogen and oxygen atoms in total. The molecule has 1 heterocycles. The van der Waals surface area contributed by atoms with Crippen LogP contribution >= 0.6 is 0 Å². The van der Waals surface area contributed by atoms with Crippen LogP contribution in [0.1, 0.15) is 16.8 Å². The first-order valence-corrected chi connectivity index (χ1v) is 6.69. The summed E-state index contributed by atoms with van der Waals surface area (Å²) in [4.78, 5) is 4.24. The minimum atomic E-state index is -0.00512. The van der Waals surface area contributed by atoms with Crippen molar-refractivity contribution in [1.29, 1.82) is 5.41 Å². The molecule has 0 unspecified atom stereocenters. The molecule has 0 bridgehead atoms. The van der Waals surface area contributed by atoms with Gasteiger partial charge in [0.1, 0.15) is 11.6 Å². The number of hydrogen-bond donors (Lipinski definition) is 2. The highest BCUT2D eigenvalue weighted by atomic mass is 16.5. The van der Waals surface area contributed by atoms with Crippen molar-refractivity contribution in [3.8, 4) is 5.75 Å². The molecule has 1 aromatic heterocycles. The van der Waals surface area contributed by atoms with Gasteiger partial charge in [-0.15, -0.1) is 0 Å². The Morgan fingerprint density at radius 1 is 1.29 bits per heavy atom. The summed E-state index contributed by atoms with van der Waals surface area (Å²) >= 11 is 0. The zero-order chi connectivity index (χ0) is 15.1. The largest absolute Gasteiger partial charge is 0.496 e. The van der Waals surface area contributed by atoms with Crippen molar-refractivity contribution < 1.29 is 9.47 Å². The number of methoxy groups -OCH3 is 1. The topological polar surface area (TPSA) is 81.2 Å². The number of nitrogens with one attached hydrogen (secondary N) is 1. The fraction of sp³-hybridized carbons (Fsp3) is 0.250. The lowest BCUT2D eigenvalue weighted by molar-refractivity contribution is 0.123. The Balaban J connectivity index is 1.87.